The third kappa shape index (κ3) is 2.63. The summed E-state index contributed by atoms with van der Waals surface area (Å²) in [7, 11) is 0. The Labute approximate surface area is 78.6 Å². The zero-order valence-corrected chi connectivity index (χ0v) is 8.03. The quantitative estimate of drug-likeness (QED) is 0.595. The number of morpholine rings is 1. The second-order valence-corrected chi connectivity index (χ2v) is 3.36. The van der Waals surface area contributed by atoms with Gasteiger partial charge in [-0.15, -0.1) is 0 Å². The summed E-state index contributed by atoms with van der Waals surface area (Å²) < 4.78 is 5.54. The Kier molecular flexibility index (Phi) is 3.15. The molecule has 1 rings (SSSR count). The number of nitriles is 1. The third-order valence-corrected chi connectivity index (χ3v) is 2.00. The fraction of sp³-hybridized carbons (Fsp3) is 0.667. The summed E-state index contributed by atoms with van der Waals surface area (Å²) >= 11 is 0. The summed E-state index contributed by atoms with van der Waals surface area (Å²) in [5.74, 6) is 0.532. The van der Waals surface area contributed by atoms with Crippen LogP contribution in [-0.4, -0.2) is 30.2 Å². The lowest BCUT2D eigenvalue weighted by Gasteiger charge is -2.36. The van der Waals surface area contributed by atoms with Crippen LogP contribution in [0.5, 0.6) is 0 Å². The van der Waals surface area contributed by atoms with Crippen molar-refractivity contribution >= 4 is 0 Å². The van der Waals surface area contributed by atoms with E-state index in [0.717, 1.165) is 13.1 Å². The van der Waals surface area contributed by atoms with E-state index in [0.29, 0.717) is 5.82 Å². The fourth-order valence-corrected chi connectivity index (χ4v) is 1.55. The molecule has 4 nitrogen and oxygen atoms in total. The van der Waals surface area contributed by atoms with Gasteiger partial charge in [-0.25, -0.2) is 0 Å². The van der Waals surface area contributed by atoms with Crippen molar-refractivity contribution in [1.29, 1.82) is 5.26 Å². The van der Waals surface area contributed by atoms with Gasteiger partial charge in [0.15, 0.2) is 0 Å². The number of rotatable bonds is 1. The first-order valence-corrected chi connectivity index (χ1v) is 4.39. The summed E-state index contributed by atoms with van der Waals surface area (Å²) in [4.78, 5) is 1.97. The molecule has 72 valence electrons. The van der Waals surface area contributed by atoms with Crippen LogP contribution in [0.2, 0.25) is 0 Å². The number of ether oxygens (including phenoxy) is 1. The second kappa shape index (κ2) is 4.15. The van der Waals surface area contributed by atoms with Crippen LogP contribution in [0.25, 0.3) is 0 Å². The van der Waals surface area contributed by atoms with Gasteiger partial charge in [0, 0.05) is 13.1 Å². The van der Waals surface area contributed by atoms with Gasteiger partial charge in [-0.3, -0.25) is 0 Å². The first kappa shape index (κ1) is 9.87. The molecular weight excluding hydrogens is 166 g/mol. The summed E-state index contributed by atoms with van der Waals surface area (Å²) in [5, 5.41) is 8.43. The predicted molar refractivity (Wildman–Crippen MR) is 49.5 cm³/mol. The smallest absolute Gasteiger partial charge is 0.110 e. The molecule has 0 aromatic heterocycles. The first-order chi connectivity index (χ1) is 6.13. The predicted octanol–water partition coefficient (Wildman–Crippen LogP) is 0.419. The van der Waals surface area contributed by atoms with Crippen LogP contribution >= 0.6 is 0 Å². The van der Waals surface area contributed by atoms with Crippen LogP contribution in [0, 0.1) is 11.3 Å². The molecule has 0 aromatic rings. The molecule has 1 aliphatic rings. The van der Waals surface area contributed by atoms with Crippen molar-refractivity contribution in [2.45, 2.75) is 26.1 Å². The van der Waals surface area contributed by atoms with E-state index in [2.05, 4.69) is 0 Å². The minimum Gasteiger partial charge on any atom is -0.385 e. The molecule has 0 aromatic carbocycles. The van der Waals surface area contributed by atoms with Crippen LogP contribution in [0.1, 0.15) is 13.8 Å². The van der Waals surface area contributed by atoms with E-state index in [4.69, 9.17) is 15.7 Å². The maximum absolute atomic E-state index is 8.43. The molecule has 0 aliphatic carbocycles. The maximum atomic E-state index is 8.43. The highest BCUT2D eigenvalue weighted by Crippen LogP contribution is 2.12. The number of allylic oxidation sites excluding steroid dienone is 1. The second-order valence-electron chi connectivity index (χ2n) is 3.36. The zero-order valence-electron chi connectivity index (χ0n) is 8.03. The standard InChI is InChI=1S/C9H15N3O/c1-7-5-12(6-8(2)13-7)9(11)3-4-10/h3,7-8H,5-6,11H2,1-2H3/b9-3-. The van der Waals surface area contributed by atoms with E-state index < -0.39 is 0 Å². The van der Waals surface area contributed by atoms with Crippen molar-refractivity contribution in [3.05, 3.63) is 11.9 Å². The highest BCUT2D eigenvalue weighted by molar-refractivity contribution is 5.10. The maximum Gasteiger partial charge on any atom is 0.110 e. The molecule has 2 unspecified atom stereocenters. The van der Waals surface area contributed by atoms with Crippen molar-refractivity contribution in [1.82, 2.24) is 4.90 Å². The SMILES string of the molecule is CC1CN(/C(N)=C\C#N)CC(C)O1. The largest absolute Gasteiger partial charge is 0.385 e. The molecule has 13 heavy (non-hydrogen) atoms. The normalized spacial score (nSPS) is 29.9. The highest BCUT2D eigenvalue weighted by atomic mass is 16.5. The lowest BCUT2D eigenvalue weighted by atomic mass is 10.2. The Morgan fingerprint density at radius 3 is 2.54 bits per heavy atom. The molecule has 1 fully saturated rings. The van der Waals surface area contributed by atoms with E-state index >= 15 is 0 Å². The van der Waals surface area contributed by atoms with E-state index in [1.165, 1.54) is 6.08 Å². The molecular formula is C9H15N3O. The summed E-state index contributed by atoms with van der Waals surface area (Å²) in [6.45, 7) is 5.52. The molecule has 0 amide bonds. The molecule has 0 saturated carbocycles. The highest BCUT2D eigenvalue weighted by Gasteiger charge is 2.22. The van der Waals surface area contributed by atoms with Crippen LogP contribution in [0.4, 0.5) is 0 Å². The Balaban J connectivity index is 2.61. The molecule has 2 atom stereocenters. The minimum absolute atomic E-state index is 0.175. The van der Waals surface area contributed by atoms with Crippen LogP contribution in [-0.2, 0) is 4.74 Å². The van der Waals surface area contributed by atoms with Crippen molar-refractivity contribution in [2.75, 3.05) is 13.1 Å². The molecule has 1 heterocycles. The Bertz CT molecular complexity index is 234. The van der Waals surface area contributed by atoms with Crippen LogP contribution < -0.4 is 5.73 Å². The van der Waals surface area contributed by atoms with Gasteiger partial charge in [-0.2, -0.15) is 5.26 Å². The van der Waals surface area contributed by atoms with E-state index in [-0.39, 0.29) is 12.2 Å². The van der Waals surface area contributed by atoms with Crippen molar-refractivity contribution in [3.63, 3.8) is 0 Å². The van der Waals surface area contributed by atoms with Gasteiger partial charge >= 0.3 is 0 Å². The van der Waals surface area contributed by atoms with Gasteiger partial charge in [-0.05, 0) is 13.8 Å². The van der Waals surface area contributed by atoms with E-state index in [1.807, 2.05) is 24.8 Å². The summed E-state index contributed by atoms with van der Waals surface area (Å²) in [5.41, 5.74) is 5.69. The fourth-order valence-electron chi connectivity index (χ4n) is 1.55. The Morgan fingerprint density at radius 1 is 1.54 bits per heavy atom. The van der Waals surface area contributed by atoms with Gasteiger partial charge in [0.05, 0.1) is 24.4 Å². The van der Waals surface area contributed by atoms with Gasteiger partial charge in [0.2, 0.25) is 0 Å². The Hall–Kier alpha value is -1.21. The molecule has 1 saturated heterocycles. The summed E-state index contributed by atoms with van der Waals surface area (Å²) in [6, 6.07) is 1.92. The summed E-state index contributed by atoms with van der Waals surface area (Å²) in [6.07, 6.45) is 1.72. The van der Waals surface area contributed by atoms with E-state index in [9.17, 15) is 0 Å². The molecule has 1 aliphatic heterocycles. The molecule has 0 spiro atoms. The zero-order chi connectivity index (χ0) is 9.84. The lowest BCUT2D eigenvalue weighted by molar-refractivity contribution is -0.0581. The first-order valence-electron chi connectivity index (χ1n) is 4.39. The average Bonchev–Trinajstić information content (AvgIpc) is 2.03. The minimum atomic E-state index is 0.175. The molecule has 0 bridgehead atoms. The van der Waals surface area contributed by atoms with Gasteiger partial charge in [0.25, 0.3) is 0 Å². The van der Waals surface area contributed by atoms with Crippen LogP contribution in [0.15, 0.2) is 11.9 Å². The topological polar surface area (TPSA) is 62.3 Å². The van der Waals surface area contributed by atoms with Crippen molar-refractivity contribution in [2.24, 2.45) is 5.73 Å². The van der Waals surface area contributed by atoms with Gasteiger partial charge in [0.1, 0.15) is 5.82 Å². The Morgan fingerprint density at radius 2 is 2.08 bits per heavy atom. The van der Waals surface area contributed by atoms with Crippen molar-refractivity contribution in [3.8, 4) is 6.07 Å². The molecule has 0 radical (unpaired) electrons. The monoisotopic (exact) mass is 181 g/mol. The molecule has 2 N–H and O–H groups in total. The number of hydrogen-bond donors (Lipinski definition) is 1. The molecule has 4 heteroatoms. The van der Waals surface area contributed by atoms with Crippen LogP contribution in [0.3, 0.4) is 0 Å². The van der Waals surface area contributed by atoms with Crippen molar-refractivity contribution < 1.29 is 4.74 Å². The number of nitrogens with zero attached hydrogens (tertiary/aromatic N) is 2. The lowest BCUT2D eigenvalue weighted by Crippen LogP contribution is -2.46. The van der Waals surface area contributed by atoms with Gasteiger partial charge < -0.3 is 15.4 Å². The number of nitrogens with two attached hydrogens (primary N) is 1. The average molecular weight is 181 g/mol. The van der Waals surface area contributed by atoms with E-state index in [1.54, 1.807) is 0 Å². The third-order valence-electron chi connectivity index (χ3n) is 2.00. The van der Waals surface area contributed by atoms with Gasteiger partial charge in [-0.1, -0.05) is 0 Å². The number of hydrogen-bond acceptors (Lipinski definition) is 4.